The van der Waals surface area contributed by atoms with Gasteiger partial charge >= 0.3 is 0 Å². The van der Waals surface area contributed by atoms with E-state index in [1.54, 1.807) is 0 Å². The number of aliphatic hydroxyl groups is 1. The fraction of sp³-hybridized carbons (Fsp3) is 0.611. The van der Waals surface area contributed by atoms with E-state index in [0.29, 0.717) is 18.5 Å². The van der Waals surface area contributed by atoms with E-state index < -0.39 is 6.61 Å². The molecule has 128 valence electrons. The van der Waals surface area contributed by atoms with Crippen molar-refractivity contribution in [2.75, 3.05) is 33.0 Å². The van der Waals surface area contributed by atoms with E-state index in [0.717, 1.165) is 37.4 Å². The minimum Gasteiger partial charge on any atom is -0.454 e. The largest absolute Gasteiger partial charge is 0.454 e. The molecule has 1 aromatic carbocycles. The summed E-state index contributed by atoms with van der Waals surface area (Å²) in [5.41, 5.74) is 1.20. The number of rotatable bonds is 2. The van der Waals surface area contributed by atoms with Crippen molar-refractivity contribution in [1.29, 1.82) is 0 Å². The average molecular weight is 330 g/mol. The molecule has 1 amide bonds. The van der Waals surface area contributed by atoms with Gasteiger partial charge in [-0.1, -0.05) is 6.07 Å². The van der Waals surface area contributed by atoms with Crippen LogP contribution in [0.25, 0.3) is 0 Å². The standard InChI is InChI=1S/C18H22N2O4/c21-9-16(22)20-8-13(12-1-2-14-15(7-12)24-10-23-14)18-17(20)11-3-5-19(18)6-4-11/h1-2,7,11,13,17-18,21H,3-6,8-10H2/t13-,17+,18+/m0/s1. The summed E-state index contributed by atoms with van der Waals surface area (Å²) in [7, 11) is 0. The molecule has 3 atom stereocenters. The van der Waals surface area contributed by atoms with E-state index in [2.05, 4.69) is 17.0 Å². The molecule has 24 heavy (non-hydrogen) atoms. The lowest BCUT2D eigenvalue weighted by atomic mass is 9.75. The molecule has 0 unspecified atom stereocenters. The first kappa shape index (κ1) is 14.5. The Morgan fingerprint density at radius 1 is 1.17 bits per heavy atom. The molecular weight excluding hydrogens is 308 g/mol. The van der Waals surface area contributed by atoms with Crippen molar-refractivity contribution < 1.29 is 19.4 Å². The smallest absolute Gasteiger partial charge is 0.248 e. The molecule has 5 aliphatic heterocycles. The second-order valence-corrected chi connectivity index (χ2v) is 7.28. The van der Waals surface area contributed by atoms with Gasteiger partial charge in [-0.15, -0.1) is 0 Å². The van der Waals surface area contributed by atoms with E-state index in [9.17, 15) is 9.90 Å². The summed E-state index contributed by atoms with van der Waals surface area (Å²) in [6.07, 6.45) is 2.31. The zero-order chi connectivity index (χ0) is 16.3. The first-order valence-corrected chi connectivity index (χ1v) is 8.80. The molecule has 2 bridgehead atoms. The quantitative estimate of drug-likeness (QED) is 0.869. The fourth-order valence-electron chi connectivity index (χ4n) is 5.23. The molecule has 5 heterocycles. The molecule has 4 fully saturated rings. The molecule has 1 aromatic rings. The van der Waals surface area contributed by atoms with Gasteiger partial charge < -0.3 is 19.5 Å². The minimum absolute atomic E-state index is 0.137. The van der Waals surface area contributed by atoms with Crippen LogP contribution in [0.3, 0.4) is 0 Å². The van der Waals surface area contributed by atoms with Crippen molar-refractivity contribution in [2.24, 2.45) is 5.92 Å². The summed E-state index contributed by atoms with van der Waals surface area (Å²) in [6.45, 7) is 2.80. The summed E-state index contributed by atoms with van der Waals surface area (Å²) in [6, 6.07) is 6.74. The Bertz CT molecular complexity index is 671. The Morgan fingerprint density at radius 3 is 2.75 bits per heavy atom. The van der Waals surface area contributed by atoms with Crippen LogP contribution in [-0.4, -0.2) is 65.9 Å². The van der Waals surface area contributed by atoms with Crippen molar-refractivity contribution in [2.45, 2.75) is 30.8 Å². The Kier molecular flexibility index (Phi) is 3.25. The molecule has 6 nitrogen and oxygen atoms in total. The highest BCUT2D eigenvalue weighted by atomic mass is 16.7. The number of likely N-dealkylation sites (tertiary alicyclic amines) is 1. The van der Waals surface area contributed by atoms with E-state index in [1.807, 2.05) is 11.0 Å². The van der Waals surface area contributed by atoms with Gasteiger partial charge in [0.2, 0.25) is 12.7 Å². The first-order chi connectivity index (χ1) is 11.8. The van der Waals surface area contributed by atoms with Crippen molar-refractivity contribution in [3.05, 3.63) is 23.8 Å². The Labute approximate surface area is 140 Å². The number of hydrogen-bond donors (Lipinski definition) is 1. The number of benzene rings is 1. The van der Waals surface area contributed by atoms with Gasteiger partial charge in [0.25, 0.3) is 0 Å². The van der Waals surface area contributed by atoms with Gasteiger partial charge in [0, 0.05) is 18.5 Å². The van der Waals surface area contributed by atoms with Crippen LogP contribution in [0, 0.1) is 5.92 Å². The summed E-state index contributed by atoms with van der Waals surface area (Å²) in [5, 5.41) is 9.40. The van der Waals surface area contributed by atoms with E-state index >= 15 is 0 Å². The summed E-state index contributed by atoms with van der Waals surface area (Å²) >= 11 is 0. The van der Waals surface area contributed by atoms with Crippen LogP contribution in [0.1, 0.15) is 24.3 Å². The number of amides is 1. The lowest BCUT2D eigenvalue weighted by Crippen LogP contribution is -2.61. The third kappa shape index (κ3) is 1.99. The van der Waals surface area contributed by atoms with Crippen molar-refractivity contribution in [3.8, 4) is 11.5 Å². The normalized spacial score (nSPS) is 36.0. The number of aliphatic hydroxyl groups excluding tert-OH is 1. The van der Waals surface area contributed by atoms with Gasteiger partial charge in [-0.3, -0.25) is 9.69 Å². The number of hydrogen-bond acceptors (Lipinski definition) is 5. The maximum atomic E-state index is 12.3. The van der Waals surface area contributed by atoms with Gasteiger partial charge in [0.1, 0.15) is 6.61 Å². The summed E-state index contributed by atoms with van der Waals surface area (Å²) < 4.78 is 11.0. The maximum Gasteiger partial charge on any atom is 0.248 e. The van der Waals surface area contributed by atoms with Crippen LogP contribution in [0.5, 0.6) is 11.5 Å². The Hall–Kier alpha value is -1.79. The molecule has 6 rings (SSSR count). The molecule has 0 aromatic heterocycles. The molecule has 0 radical (unpaired) electrons. The number of ether oxygens (including phenoxy) is 2. The average Bonchev–Trinajstić information content (AvgIpc) is 3.27. The third-order valence-corrected chi connectivity index (χ3v) is 6.27. The van der Waals surface area contributed by atoms with Crippen molar-refractivity contribution in [3.63, 3.8) is 0 Å². The van der Waals surface area contributed by atoms with E-state index in [4.69, 9.17) is 9.47 Å². The number of nitrogens with zero attached hydrogens (tertiary/aromatic N) is 2. The molecule has 0 spiro atoms. The minimum atomic E-state index is -0.399. The molecule has 1 N–H and O–H groups in total. The number of piperidine rings is 3. The molecule has 4 saturated heterocycles. The highest BCUT2D eigenvalue weighted by molar-refractivity contribution is 5.78. The second-order valence-electron chi connectivity index (χ2n) is 7.28. The van der Waals surface area contributed by atoms with E-state index in [1.165, 1.54) is 5.56 Å². The first-order valence-electron chi connectivity index (χ1n) is 8.80. The van der Waals surface area contributed by atoms with Gasteiger partial charge in [-0.2, -0.15) is 0 Å². The van der Waals surface area contributed by atoms with Crippen LogP contribution >= 0.6 is 0 Å². The molecule has 0 aliphatic carbocycles. The summed E-state index contributed by atoms with van der Waals surface area (Å²) in [4.78, 5) is 16.8. The Balaban J connectivity index is 1.52. The van der Waals surface area contributed by atoms with Gasteiger partial charge in [0.05, 0.1) is 6.04 Å². The third-order valence-electron chi connectivity index (χ3n) is 6.27. The zero-order valence-electron chi connectivity index (χ0n) is 13.6. The monoisotopic (exact) mass is 330 g/mol. The second kappa shape index (κ2) is 5.36. The van der Waals surface area contributed by atoms with Crippen molar-refractivity contribution in [1.82, 2.24) is 9.80 Å². The Morgan fingerprint density at radius 2 is 1.96 bits per heavy atom. The lowest BCUT2D eigenvalue weighted by molar-refractivity contribution is -0.138. The molecular formula is C18H22N2O4. The van der Waals surface area contributed by atoms with Crippen LogP contribution in [0.2, 0.25) is 0 Å². The predicted octanol–water partition coefficient (Wildman–Crippen LogP) is 0.796. The zero-order valence-corrected chi connectivity index (χ0v) is 13.6. The highest BCUT2D eigenvalue weighted by Gasteiger charge is 2.54. The molecule has 6 heteroatoms. The van der Waals surface area contributed by atoms with Gasteiger partial charge in [-0.25, -0.2) is 0 Å². The molecule has 0 saturated carbocycles. The number of carbonyl (C=O) groups is 1. The van der Waals surface area contributed by atoms with Gasteiger partial charge in [-0.05, 0) is 49.5 Å². The topological polar surface area (TPSA) is 62.2 Å². The van der Waals surface area contributed by atoms with Crippen LogP contribution < -0.4 is 9.47 Å². The number of fused-ring (bicyclic) bond motifs is 3. The van der Waals surface area contributed by atoms with Gasteiger partial charge in [0.15, 0.2) is 11.5 Å². The fourth-order valence-corrected chi connectivity index (χ4v) is 5.23. The summed E-state index contributed by atoms with van der Waals surface area (Å²) in [5.74, 6) is 2.29. The number of carbonyl (C=O) groups excluding carboxylic acids is 1. The lowest BCUT2D eigenvalue weighted by Gasteiger charge is -2.51. The van der Waals surface area contributed by atoms with Crippen molar-refractivity contribution >= 4 is 5.91 Å². The SMILES string of the molecule is O=C(CO)N1C[C@@H](c2ccc3c(c2)OCO3)[C@@H]2[C@H]1C1CCN2CC1. The van der Waals surface area contributed by atoms with E-state index in [-0.39, 0.29) is 24.7 Å². The van der Waals surface area contributed by atoms with Crippen LogP contribution in [-0.2, 0) is 4.79 Å². The van der Waals surface area contributed by atoms with Crippen LogP contribution in [0.15, 0.2) is 18.2 Å². The maximum absolute atomic E-state index is 12.3. The predicted molar refractivity (Wildman–Crippen MR) is 86.0 cm³/mol. The molecule has 5 aliphatic rings. The van der Waals surface area contributed by atoms with Crippen LogP contribution in [0.4, 0.5) is 0 Å². The highest BCUT2D eigenvalue weighted by Crippen LogP contribution is 2.47.